The highest BCUT2D eigenvalue weighted by atomic mass is 35.5. The van der Waals surface area contributed by atoms with Gasteiger partial charge in [-0.05, 0) is 12.1 Å². The van der Waals surface area contributed by atoms with Gasteiger partial charge < -0.3 is 15.2 Å². The summed E-state index contributed by atoms with van der Waals surface area (Å²) >= 11 is 5.61. The van der Waals surface area contributed by atoms with E-state index in [4.69, 9.17) is 16.7 Å². The maximum Gasteiger partial charge on any atom is 0.330 e. The van der Waals surface area contributed by atoms with Gasteiger partial charge in [-0.3, -0.25) is 4.79 Å². The van der Waals surface area contributed by atoms with Crippen molar-refractivity contribution in [2.24, 2.45) is 0 Å². The van der Waals surface area contributed by atoms with E-state index >= 15 is 0 Å². The van der Waals surface area contributed by atoms with Gasteiger partial charge in [-0.25, -0.2) is 9.18 Å². The van der Waals surface area contributed by atoms with Crippen molar-refractivity contribution in [3.8, 4) is 0 Å². The SMILES string of the molecule is COC(=O)C(CO)NC(=O)c1cccc(F)c1Cl. The van der Waals surface area contributed by atoms with Crippen molar-refractivity contribution in [2.75, 3.05) is 13.7 Å². The number of halogens is 2. The molecule has 1 aromatic rings. The number of aliphatic hydroxyl groups excluding tert-OH is 1. The second-order valence-corrected chi connectivity index (χ2v) is 3.71. The number of rotatable bonds is 4. The number of hydrogen-bond acceptors (Lipinski definition) is 4. The molecular weight excluding hydrogens is 265 g/mol. The van der Waals surface area contributed by atoms with E-state index in [0.717, 1.165) is 13.2 Å². The van der Waals surface area contributed by atoms with Crippen molar-refractivity contribution in [1.29, 1.82) is 0 Å². The Balaban J connectivity index is 2.88. The van der Waals surface area contributed by atoms with Crippen LogP contribution < -0.4 is 5.32 Å². The highest BCUT2D eigenvalue weighted by molar-refractivity contribution is 6.34. The van der Waals surface area contributed by atoms with Gasteiger partial charge in [0, 0.05) is 0 Å². The van der Waals surface area contributed by atoms with Crippen molar-refractivity contribution in [3.63, 3.8) is 0 Å². The molecule has 98 valence electrons. The molecule has 0 saturated carbocycles. The lowest BCUT2D eigenvalue weighted by Crippen LogP contribution is -2.44. The van der Waals surface area contributed by atoms with Crippen molar-refractivity contribution in [1.82, 2.24) is 5.32 Å². The summed E-state index contributed by atoms with van der Waals surface area (Å²) in [6.45, 7) is -0.634. The van der Waals surface area contributed by atoms with Gasteiger partial charge in [0.1, 0.15) is 5.82 Å². The summed E-state index contributed by atoms with van der Waals surface area (Å²) in [6, 6.07) is 2.49. The zero-order valence-corrected chi connectivity index (χ0v) is 10.2. The van der Waals surface area contributed by atoms with Crippen LogP contribution in [0.25, 0.3) is 0 Å². The molecular formula is C11H11ClFNO4. The van der Waals surface area contributed by atoms with Gasteiger partial charge in [-0.2, -0.15) is 0 Å². The molecule has 0 heterocycles. The highest BCUT2D eigenvalue weighted by Crippen LogP contribution is 2.19. The van der Waals surface area contributed by atoms with Crippen LogP contribution in [0.5, 0.6) is 0 Å². The first-order chi connectivity index (χ1) is 8.51. The van der Waals surface area contributed by atoms with E-state index in [1.165, 1.54) is 12.1 Å². The number of aliphatic hydroxyl groups is 1. The van der Waals surface area contributed by atoms with Gasteiger partial charge in [-0.1, -0.05) is 17.7 Å². The molecule has 0 aliphatic carbocycles. The van der Waals surface area contributed by atoms with Gasteiger partial charge in [0.15, 0.2) is 6.04 Å². The first kappa shape index (κ1) is 14.4. The predicted molar refractivity (Wildman–Crippen MR) is 61.8 cm³/mol. The number of hydrogen-bond donors (Lipinski definition) is 2. The molecule has 1 atom stereocenters. The molecule has 2 N–H and O–H groups in total. The normalized spacial score (nSPS) is 11.8. The minimum Gasteiger partial charge on any atom is -0.467 e. The van der Waals surface area contributed by atoms with Gasteiger partial charge in [0.2, 0.25) is 0 Å². The van der Waals surface area contributed by atoms with Crippen LogP contribution in [0.1, 0.15) is 10.4 Å². The molecule has 0 aromatic heterocycles. The van der Waals surface area contributed by atoms with Crippen molar-refractivity contribution in [2.45, 2.75) is 6.04 Å². The van der Waals surface area contributed by atoms with E-state index in [1.807, 2.05) is 0 Å². The van der Waals surface area contributed by atoms with Crippen LogP contribution in [0.3, 0.4) is 0 Å². The Bertz CT molecular complexity index is 466. The molecule has 0 aliphatic rings. The molecule has 0 fully saturated rings. The smallest absolute Gasteiger partial charge is 0.330 e. The monoisotopic (exact) mass is 275 g/mol. The van der Waals surface area contributed by atoms with Gasteiger partial charge >= 0.3 is 5.97 Å². The van der Waals surface area contributed by atoms with Crippen LogP contribution in [-0.2, 0) is 9.53 Å². The summed E-state index contributed by atoms with van der Waals surface area (Å²) in [6.07, 6.45) is 0. The molecule has 1 rings (SSSR count). The summed E-state index contributed by atoms with van der Waals surface area (Å²) < 4.78 is 17.5. The minimum atomic E-state index is -1.22. The molecule has 0 bridgehead atoms. The third-order valence-corrected chi connectivity index (χ3v) is 2.55. The summed E-state index contributed by atoms with van der Waals surface area (Å²) in [4.78, 5) is 22.9. The molecule has 1 unspecified atom stereocenters. The Morgan fingerprint density at radius 3 is 2.78 bits per heavy atom. The van der Waals surface area contributed by atoms with Crippen LogP contribution in [0.15, 0.2) is 18.2 Å². The summed E-state index contributed by atoms with van der Waals surface area (Å²) in [5.41, 5.74) is -0.126. The topological polar surface area (TPSA) is 75.6 Å². The maximum atomic E-state index is 13.1. The number of esters is 1. The highest BCUT2D eigenvalue weighted by Gasteiger charge is 2.22. The van der Waals surface area contributed by atoms with E-state index in [9.17, 15) is 14.0 Å². The lowest BCUT2D eigenvalue weighted by Gasteiger charge is -2.14. The van der Waals surface area contributed by atoms with Crippen LogP contribution in [0.4, 0.5) is 4.39 Å². The summed E-state index contributed by atoms with van der Waals surface area (Å²) in [7, 11) is 1.12. The number of benzene rings is 1. The van der Waals surface area contributed by atoms with Crippen LogP contribution in [0.2, 0.25) is 5.02 Å². The molecule has 0 radical (unpaired) electrons. The second kappa shape index (κ2) is 6.32. The average Bonchev–Trinajstić information content (AvgIpc) is 2.37. The van der Waals surface area contributed by atoms with E-state index in [1.54, 1.807) is 0 Å². The third kappa shape index (κ3) is 3.18. The number of carbonyl (C=O) groups is 2. The number of amides is 1. The number of ether oxygens (including phenoxy) is 1. The van der Waals surface area contributed by atoms with E-state index in [0.29, 0.717) is 0 Å². The Morgan fingerprint density at radius 1 is 1.56 bits per heavy atom. The average molecular weight is 276 g/mol. The van der Waals surface area contributed by atoms with E-state index < -0.39 is 30.3 Å². The van der Waals surface area contributed by atoms with Crippen molar-refractivity contribution >= 4 is 23.5 Å². The predicted octanol–water partition coefficient (Wildman–Crippen LogP) is 0.743. The number of nitrogens with one attached hydrogen (secondary N) is 1. The first-order valence-electron chi connectivity index (χ1n) is 4.94. The van der Waals surface area contributed by atoms with Gasteiger partial charge in [0.05, 0.1) is 24.3 Å². The van der Waals surface area contributed by atoms with Crippen LogP contribution in [0, 0.1) is 5.82 Å². The van der Waals surface area contributed by atoms with E-state index in [2.05, 4.69) is 10.1 Å². The minimum absolute atomic E-state index is 0.126. The summed E-state index contributed by atoms with van der Waals surface area (Å²) in [5.74, 6) is -2.33. The fourth-order valence-corrected chi connectivity index (χ4v) is 1.45. The molecule has 18 heavy (non-hydrogen) atoms. The fourth-order valence-electron chi connectivity index (χ4n) is 1.24. The zero-order valence-electron chi connectivity index (χ0n) is 9.44. The number of methoxy groups -OCH3 is 1. The molecule has 5 nitrogen and oxygen atoms in total. The van der Waals surface area contributed by atoms with Crippen molar-refractivity contribution < 1.29 is 23.8 Å². The zero-order chi connectivity index (χ0) is 13.7. The fraction of sp³-hybridized carbons (Fsp3) is 0.273. The molecule has 0 spiro atoms. The molecule has 0 saturated heterocycles. The molecule has 1 aromatic carbocycles. The van der Waals surface area contributed by atoms with Crippen LogP contribution >= 0.6 is 11.6 Å². The van der Waals surface area contributed by atoms with Crippen molar-refractivity contribution in [3.05, 3.63) is 34.6 Å². The Kier molecular flexibility index (Phi) is 5.06. The quantitative estimate of drug-likeness (QED) is 0.795. The van der Waals surface area contributed by atoms with E-state index in [-0.39, 0.29) is 10.6 Å². The lowest BCUT2D eigenvalue weighted by atomic mass is 10.2. The van der Waals surface area contributed by atoms with Gasteiger partial charge in [0.25, 0.3) is 5.91 Å². The first-order valence-corrected chi connectivity index (χ1v) is 5.32. The maximum absolute atomic E-state index is 13.1. The Morgan fingerprint density at radius 2 is 2.22 bits per heavy atom. The van der Waals surface area contributed by atoms with Gasteiger partial charge in [-0.15, -0.1) is 0 Å². The largest absolute Gasteiger partial charge is 0.467 e. The lowest BCUT2D eigenvalue weighted by molar-refractivity contribution is -0.143. The Hall–Kier alpha value is -1.66. The molecule has 7 heteroatoms. The molecule has 0 aliphatic heterocycles. The third-order valence-electron chi connectivity index (χ3n) is 2.17. The second-order valence-electron chi connectivity index (χ2n) is 3.33. The van der Waals surface area contributed by atoms with Crippen LogP contribution in [-0.4, -0.2) is 36.7 Å². The Labute approximate surface area is 108 Å². The standard InChI is InChI=1S/C11H11ClFNO4/c1-18-11(17)8(5-15)14-10(16)6-3-2-4-7(13)9(6)12/h2-4,8,15H,5H2,1H3,(H,14,16). The number of carbonyl (C=O) groups excluding carboxylic acids is 2. The molecule has 1 amide bonds. The summed E-state index contributed by atoms with van der Waals surface area (Å²) in [5, 5.41) is 10.8.